The summed E-state index contributed by atoms with van der Waals surface area (Å²) in [6.07, 6.45) is 1.60. The van der Waals surface area contributed by atoms with E-state index in [0.29, 0.717) is 11.4 Å². The fourth-order valence-corrected chi connectivity index (χ4v) is 1.51. The molecular formula is C14H19N3O2. The Hall–Kier alpha value is -2.09. The first kappa shape index (κ1) is 15.0. The Morgan fingerprint density at radius 2 is 2.00 bits per heavy atom. The highest BCUT2D eigenvalue weighted by Crippen LogP contribution is 2.34. The van der Waals surface area contributed by atoms with Crippen LogP contribution in [0.5, 0.6) is 0 Å². The van der Waals surface area contributed by atoms with E-state index in [2.05, 4.69) is 16.4 Å². The summed E-state index contributed by atoms with van der Waals surface area (Å²) in [5, 5.41) is 21.6. The number of nitriles is 1. The lowest BCUT2D eigenvalue weighted by Crippen LogP contribution is -2.50. The number of hydrogen-bond acceptors (Lipinski definition) is 4. The third-order valence-electron chi connectivity index (χ3n) is 3.80. The number of aliphatic carboxylic acids is 1. The van der Waals surface area contributed by atoms with Gasteiger partial charge in [0.1, 0.15) is 11.9 Å². The monoisotopic (exact) mass is 261 g/mol. The second-order valence-corrected chi connectivity index (χ2v) is 5.64. The van der Waals surface area contributed by atoms with Crippen molar-refractivity contribution in [2.75, 3.05) is 5.32 Å². The van der Waals surface area contributed by atoms with Crippen molar-refractivity contribution >= 4 is 11.8 Å². The van der Waals surface area contributed by atoms with Crippen molar-refractivity contribution < 1.29 is 9.90 Å². The Labute approximate surface area is 113 Å². The molecule has 1 heterocycles. The van der Waals surface area contributed by atoms with Gasteiger partial charge in [0, 0.05) is 11.7 Å². The second-order valence-electron chi connectivity index (χ2n) is 5.64. The SMILES string of the molecule is Cc1ccnc(NC(C)(C)C(C)(C)C(=O)O)c1C#N. The van der Waals surface area contributed by atoms with Crippen molar-refractivity contribution in [2.24, 2.45) is 5.41 Å². The molecule has 0 aliphatic carbocycles. The van der Waals surface area contributed by atoms with Crippen molar-refractivity contribution in [3.8, 4) is 6.07 Å². The molecule has 1 aromatic heterocycles. The fourth-order valence-electron chi connectivity index (χ4n) is 1.51. The molecule has 5 heteroatoms. The van der Waals surface area contributed by atoms with Gasteiger partial charge in [0.25, 0.3) is 0 Å². The second kappa shape index (κ2) is 4.88. The molecule has 0 amide bonds. The van der Waals surface area contributed by atoms with Crippen LogP contribution in [0.25, 0.3) is 0 Å². The number of aromatic nitrogens is 1. The molecule has 0 radical (unpaired) electrons. The lowest BCUT2D eigenvalue weighted by molar-refractivity contribution is -0.149. The van der Waals surface area contributed by atoms with Crippen molar-refractivity contribution in [3.05, 3.63) is 23.4 Å². The first-order valence-corrected chi connectivity index (χ1v) is 6.01. The van der Waals surface area contributed by atoms with Crippen LogP contribution in [0.4, 0.5) is 5.82 Å². The number of hydrogen-bond donors (Lipinski definition) is 2. The molecule has 102 valence electrons. The van der Waals surface area contributed by atoms with Gasteiger partial charge in [-0.05, 0) is 46.2 Å². The van der Waals surface area contributed by atoms with Gasteiger partial charge in [-0.3, -0.25) is 4.79 Å². The van der Waals surface area contributed by atoms with Crippen LogP contribution in [0.15, 0.2) is 12.3 Å². The van der Waals surface area contributed by atoms with Crippen LogP contribution in [0, 0.1) is 23.7 Å². The molecule has 0 aromatic carbocycles. The zero-order valence-electron chi connectivity index (χ0n) is 11.9. The Kier molecular flexibility index (Phi) is 3.85. The van der Waals surface area contributed by atoms with Gasteiger partial charge >= 0.3 is 5.97 Å². The number of carboxylic acid groups (broad SMARTS) is 1. The van der Waals surface area contributed by atoms with E-state index in [-0.39, 0.29) is 0 Å². The highest BCUT2D eigenvalue weighted by atomic mass is 16.4. The molecule has 0 saturated heterocycles. The van der Waals surface area contributed by atoms with Crippen LogP contribution in [0.1, 0.15) is 38.8 Å². The molecule has 0 aliphatic heterocycles. The number of carbonyl (C=O) groups is 1. The molecule has 1 rings (SSSR count). The van der Waals surface area contributed by atoms with Crippen molar-refractivity contribution in [2.45, 2.75) is 40.2 Å². The largest absolute Gasteiger partial charge is 0.481 e. The van der Waals surface area contributed by atoms with Gasteiger partial charge in [0.05, 0.1) is 11.0 Å². The first-order chi connectivity index (χ1) is 8.63. The topological polar surface area (TPSA) is 86.0 Å². The minimum atomic E-state index is -1.01. The Balaban J connectivity index is 3.20. The summed E-state index contributed by atoms with van der Waals surface area (Å²) in [5.41, 5.74) is -0.517. The maximum atomic E-state index is 11.4. The summed E-state index contributed by atoms with van der Waals surface area (Å²) in [6, 6.07) is 3.84. The van der Waals surface area contributed by atoms with E-state index in [1.807, 2.05) is 6.92 Å². The van der Waals surface area contributed by atoms with Crippen molar-refractivity contribution in [1.29, 1.82) is 5.26 Å². The number of carboxylic acids is 1. The van der Waals surface area contributed by atoms with Gasteiger partial charge in [-0.15, -0.1) is 0 Å². The Bertz CT molecular complexity index is 542. The van der Waals surface area contributed by atoms with Gasteiger partial charge < -0.3 is 10.4 Å². The zero-order valence-corrected chi connectivity index (χ0v) is 11.9. The lowest BCUT2D eigenvalue weighted by atomic mass is 9.74. The normalized spacial score (nSPS) is 11.8. The van der Waals surface area contributed by atoms with E-state index in [1.54, 1.807) is 40.0 Å². The number of pyridine rings is 1. The molecule has 1 aromatic rings. The molecule has 19 heavy (non-hydrogen) atoms. The highest BCUT2D eigenvalue weighted by molar-refractivity contribution is 5.76. The van der Waals surface area contributed by atoms with Crippen LogP contribution >= 0.6 is 0 Å². The van der Waals surface area contributed by atoms with Gasteiger partial charge in [-0.25, -0.2) is 4.98 Å². The van der Waals surface area contributed by atoms with Crippen molar-refractivity contribution in [3.63, 3.8) is 0 Å². The molecule has 2 N–H and O–H groups in total. The average molecular weight is 261 g/mol. The molecule has 0 bridgehead atoms. The summed E-state index contributed by atoms with van der Waals surface area (Å²) in [4.78, 5) is 15.5. The lowest BCUT2D eigenvalue weighted by Gasteiger charge is -2.39. The van der Waals surface area contributed by atoms with Gasteiger partial charge in [0.15, 0.2) is 0 Å². The molecule has 0 aliphatic rings. The summed E-state index contributed by atoms with van der Waals surface area (Å²) < 4.78 is 0. The Morgan fingerprint density at radius 1 is 1.42 bits per heavy atom. The smallest absolute Gasteiger partial charge is 0.311 e. The molecule has 0 fully saturated rings. The summed E-state index contributed by atoms with van der Waals surface area (Å²) in [5.74, 6) is -0.488. The maximum Gasteiger partial charge on any atom is 0.311 e. The standard InChI is InChI=1S/C14H19N3O2/c1-9-6-7-16-11(10(9)8-15)17-14(4,5)13(2,3)12(18)19/h6-7H,1-5H3,(H,16,17)(H,18,19). The number of anilines is 1. The fraction of sp³-hybridized carbons (Fsp3) is 0.500. The molecule has 5 nitrogen and oxygen atoms in total. The van der Waals surface area contributed by atoms with Crippen LogP contribution < -0.4 is 5.32 Å². The quantitative estimate of drug-likeness (QED) is 0.869. The molecule has 0 saturated carbocycles. The third kappa shape index (κ3) is 2.68. The van der Waals surface area contributed by atoms with Crippen LogP contribution in [0.2, 0.25) is 0 Å². The minimum absolute atomic E-state index is 0.418. The van der Waals surface area contributed by atoms with E-state index in [1.165, 1.54) is 0 Å². The van der Waals surface area contributed by atoms with Crippen LogP contribution in [-0.2, 0) is 4.79 Å². The summed E-state index contributed by atoms with van der Waals surface area (Å²) >= 11 is 0. The van der Waals surface area contributed by atoms with Gasteiger partial charge in [-0.2, -0.15) is 5.26 Å². The van der Waals surface area contributed by atoms with E-state index in [0.717, 1.165) is 5.56 Å². The number of nitrogens with one attached hydrogen (secondary N) is 1. The van der Waals surface area contributed by atoms with Crippen LogP contribution in [0.3, 0.4) is 0 Å². The number of rotatable bonds is 4. The maximum absolute atomic E-state index is 11.4. The molecular weight excluding hydrogens is 242 g/mol. The van der Waals surface area contributed by atoms with E-state index in [4.69, 9.17) is 5.26 Å². The molecule has 0 unspecified atom stereocenters. The number of nitrogens with zero attached hydrogens (tertiary/aromatic N) is 2. The Morgan fingerprint density at radius 3 is 2.47 bits per heavy atom. The minimum Gasteiger partial charge on any atom is -0.481 e. The predicted molar refractivity (Wildman–Crippen MR) is 72.8 cm³/mol. The number of aryl methyl sites for hydroxylation is 1. The van der Waals surface area contributed by atoms with E-state index < -0.39 is 16.9 Å². The summed E-state index contributed by atoms with van der Waals surface area (Å²) in [7, 11) is 0. The van der Waals surface area contributed by atoms with Gasteiger partial charge in [0.2, 0.25) is 0 Å². The van der Waals surface area contributed by atoms with Gasteiger partial charge in [-0.1, -0.05) is 0 Å². The predicted octanol–water partition coefficient (Wildman–Crippen LogP) is 2.56. The first-order valence-electron chi connectivity index (χ1n) is 6.01. The third-order valence-corrected chi connectivity index (χ3v) is 3.80. The summed E-state index contributed by atoms with van der Waals surface area (Å²) in [6.45, 7) is 8.67. The van der Waals surface area contributed by atoms with E-state index in [9.17, 15) is 9.90 Å². The molecule has 0 atom stereocenters. The average Bonchev–Trinajstić information content (AvgIpc) is 2.28. The zero-order chi connectivity index (χ0) is 14.8. The highest BCUT2D eigenvalue weighted by Gasteiger charge is 2.44. The van der Waals surface area contributed by atoms with E-state index >= 15 is 0 Å². The molecule has 0 spiro atoms. The van der Waals surface area contributed by atoms with Crippen molar-refractivity contribution in [1.82, 2.24) is 4.98 Å². The van der Waals surface area contributed by atoms with Crippen LogP contribution in [-0.4, -0.2) is 21.6 Å².